The molecule has 3 rings (SSSR count). The van der Waals surface area contributed by atoms with E-state index < -0.39 is 33.6 Å². The highest BCUT2D eigenvalue weighted by Gasteiger charge is 2.36. The molecule has 0 saturated carbocycles. The second kappa shape index (κ2) is 7.01. The Morgan fingerprint density at radius 1 is 1.41 bits per heavy atom. The Morgan fingerprint density at radius 2 is 2.11 bits per heavy atom. The molecule has 1 aromatic heterocycles. The summed E-state index contributed by atoms with van der Waals surface area (Å²) in [5.41, 5.74) is 0.244. The first kappa shape index (κ1) is 20.0. The number of rotatable bonds is 3. The molecular weight excluding hydrogens is 397 g/mol. The normalized spacial score (nSPS) is 20.7. The number of halogens is 1. The van der Waals surface area contributed by atoms with E-state index in [0.717, 1.165) is 10.6 Å². The molecule has 1 fully saturated rings. The van der Waals surface area contributed by atoms with E-state index in [4.69, 9.17) is 4.74 Å². The summed E-state index contributed by atoms with van der Waals surface area (Å²) in [6.45, 7) is 6.37. The molecule has 3 heterocycles. The van der Waals surface area contributed by atoms with Crippen LogP contribution in [-0.2, 0) is 32.7 Å². The lowest BCUT2D eigenvalue weighted by Crippen LogP contribution is -2.39. The van der Waals surface area contributed by atoms with Gasteiger partial charge >= 0.3 is 16.3 Å². The van der Waals surface area contributed by atoms with Crippen LogP contribution in [0, 0.1) is 5.92 Å². The number of hydrogen-bond donors (Lipinski definition) is 0. The summed E-state index contributed by atoms with van der Waals surface area (Å²) < 4.78 is 40.0. The van der Waals surface area contributed by atoms with Crippen molar-refractivity contribution in [1.29, 1.82) is 0 Å². The minimum atomic E-state index is -4.62. The Labute approximate surface area is 161 Å². The molecule has 2 aliphatic heterocycles. The minimum Gasteiger partial charge on any atom is -0.444 e. The number of carbonyl (C=O) groups excluding carboxylic acids is 2. The van der Waals surface area contributed by atoms with E-state index in [1.807, 2.05) is 0 Å². The van der Waals surface area contributed by atoms with Crippen LogP contribution in [0.25, 0.3) is 0 Å². The van der Waals surface area contributed by atoms with Crippen molar-refractivity contribution in [3.05, 3.63) is 10.6 Å². The van der Waals surface area contributed by atoms with Gasteiger partial charge in [0.15, 0.2) is 5.13 Å². The van der Waals surface area contributed by atoms with Crippen molar-refractivity contribution in [2.45, 2.75) is 45.8 Å². The van der Waals surface area contributed by atoms with Crippen molar-refractivity contribution in [3.63, 3.8) is 0 Å². The molecule has 150 valence electrons. The fraction of sp³-hybridized carbons (Fsp3) is 0.688. The van der Waals surface area contributed by atoms with E-state index in [1.165, 1.54) is 16.2 Å². The van der Waals surface area contributed by atoms with Crippen molar-refractivity contribution < 1.29 is 26.6 Å². The number of fused-ring (bicyclic) bond motifs is 1. The summed E-state index contributed by atoms with van der Waals surface area (Å²) in [4.78, 5) is 32.8. The molecule has 27 heavy (non-hydrogen) atoms. The van der Waals surface area contributed by atoms with E-state index in [1.54, 1.807) is 25.7 Å². The topological polar surface area (TPSA) is 96.9 Å². The Balaban J connectivity index is 1.70. The summed E-state index contributed by atoms with van der Waals surface area (Å²) in [7, 11) is -4.62. The lowest BCUT2D eigenvalue weighted by atomic mass is 10.1. The second-order valence-electron chi connectivity index (χ2n) is 7.80. The van der Waals surface area contributed by atoms with Crippen LogP contribution < -0.4 is 4.90 Å². The molecule has 2 amide bonds. The molecule has 0 aromatic carbocycles. The average molecular weight is 420 g/mol. The van der Waals surface area contributed by atoms with Gasteiger partial charge in [0.05, 0.1) is 18.0 Å². The monoisotopic (exact) mass is 419 g/mol. The third kappa shape index (κ3) is 4.95. The first-order valence-corrected chi connectivity index (χ1v) is 11.0. The zero-order chi connectivity index (χ0) is 20.0. The molecular formula is C16H22FN3O5S2. The third-order valence-corrected chi connectivity index (χ3v) is 6.22. The van der Waals surface area contributed by atoms with Crippen molar-refractivity contribution in [1.82, 2.24) is 9.88 Å². The molecule has 8 nitrogen and oxygen atoms in total. The van der Waals surface area contributed by atoms with Gasteiger partial charge in [0.2, 0.25) is 5.91 Å². The Kier molecular flexibility index (Phi) is 5.19. The van der Waals surface area contributed by atoms with Crippen LogP contribution in [0.1, 0.15) is 37.8 Å². The van der Waals surface area contributed by atoms with E-state index in [9.17, 15) is 21.9 Å². The smallest absolute Gasteiger partial charge is 0.410 e. The van der Waals surface area contributed by atoms with Crippen LogP contribution in [0.4, 0.5) is 13.8 Å². The first-order chi connectivity index (χ1) is 12.4. The fourth-order valence-corrected chi connectivity index (χ4v) is 5.07. The van der Waals surface area contributed by atoms with Crippen molar-refractivity contribution in [2.75, 3.05) is 23.7 Å². The zero-order valence-corrected chi connectivity index (χ0v) is 17.0. The van der Waals surface area contributed by atoms with Crippen LogP contribution in [0.2, 0.25) is 0 Å². The predicted molar refractivity (Wildman–Crippen MR) is 97.8 cm³/mol. The summed E-state index contributed by atoms with van der Waals surface area (Å²) in [6.07, 6.45) is 0.140. The number of thiazole rings is 1. The van der Waals surface area contributed by atoms with Crippen molar-refractivity contribution in [2.24, 2.45) is 5.92 Å². The van der Waals surface area contributed by atoms with Gasteiger partial charge < -0.3 is 9.64 Å². The molecule has 11 heteroatoms. The van der Waals surface area contributed by atoms with E-state index in [0.29, 0.717) is 24.6 Å². The van der Waals surface area contributed by atoms with Gasteiger partial charge in [-0.2, -0.15) is 8.42 Å². The van der Waals surface area contributed by atoms with E-state index in [-0.39, 0.29) is 18.9 Å². The van der Waals surface area contributed by atoms with Crippen molar-refractivity contribution in [3.8, 4) is 0 Å². The van der Waals surface area contributed by atoms with E-state index >= 15 is 0 Å². The quantitative estimate of drug-likeness (QED) is 0.696. The molecule has 0 N–H and O–H groups in total. The van der Waals surface area contributed by atoms with Crippen LogP contribution in [-0.4, -0.2) is 54.7 Å². The molecule has 0 spiro atoms. The number of carbonyl (C=O) groups is 2. The molecule has 1 atom stereocenters. The molecule has 0 bridgehead atoms. The SMILES string of the molecule is CC(C)(C)OC(=O)N1CCc2nc(N3CC(CS(=O)(=O)F)CC3=O)sc2C1. The highest BCUT2D eigenvalue weighted by Crippen LogP contribution is 2.34. The number of ether oxygens (including phenoxy) is 1. The number of amides is 2. The van der Waals surface area contributed by atoms with Gasteiger partial charge in [-0.3, -0.25) is 9.69 Å². The lowest BCUT2D eigenvalue weighted by Gasteiger charge is -2.29. The number of aromatic nitrogens is 1. The van der Waals surface area contributed by atoms with Crippen LogP contribution in [0.5, 0.6) is 0 Å². The number of anilines is 1. The van der Waals surface area contributed by atoms with Gasteiger partial charge in [0.1, 0.15) is 5.60 Å². The zero-order valence-electron chi connectivity index (χ0n) is 15.4. The highest BCUT2D eigenvalue weighted by molar-refractivity contribution is 7.86. The van der Waals surface area contributed by atoms with Crippen LogP contribution >= 0.6 is 11.3 Å². The van der Waals surface area contributed by atoms with Crippen LogP contribution in [0.3, 0.4) is 0 Å². The van der Waals surface area contributed by atoms with Gasteiger partial charge in [-0.05, 0) is 20.8 Å². The lowest BCUT2D eigenvalue weighted by molar-refractivity contribution is -0.117. The van der Waals surface area contributed by atoms with E-state index in [2.05, 4.69) is 4.98 Å². The third-order valence-electron chi connectivity index (χ3n) is 4.24. The van der Waals surface area contributed by atoms with Crippen molar-refractivity contribution >= 4 is 38.7 Å². The number of nitrogens with zero attached hydrogens (tertiary/aromatic N) is 3. The summed E-state index contributed by atoms with van der Waals surface area (Å²) in [6, 6.07) is 0. The van der Waals surface area contributed by atoms with Gasteiger partial charge in [-0.1, -0.05) is 11.3 Å². The van der Waals surface area contributed by atoms with Gasteiger partial charge in [0.25, 0.3) is 0 Å². The average Bonchev–Trinajstić information content (AvgIpc) is 3.05. The number of hydrogen-bond acceptors (Lipinski definition) is 7. The minimum absolute atomic E-state index is 0.0164. The summed E-state index contributed by atoms with van der Waals surface area (Å²) >= 11 is 1.30. The van der Waals surface area contributed by atoms with Gasteiger partial charge in [-0.25, -0.2) is 9.78 Å². The summed E-state index contributed by atoms with van der Waals surface area (Å²) in [5.74, 6) is -1.50. The van der Waals surface area contributed by atoms with Crippen LogP contribution in [0.15, 0.2) is 0 Å². The summed E-state index contributed by atoms with van der Waals surface area (Å²) in [5, 5.41) is 0.467. The Hall–Kier alpha value is -1.75. The first-order valence-electron chi connectivity index (χ1n) is 8.60. The maximum Gasteiger partial charge on any atom is 0.410 e. The molecule has 1 aromatic rings. The van der Waals surface area contributed by atoms with Gasteiger partial charge in [0, 0.05) is 36.7 Å². The molecule has 0 radical (unpaired) electrons. The second-order valence-corrected chi connectivity index (χ2v) is 10.3. The molecule has 0 aliphatic carbocycles. The molecule has 1 unspecified atom stereocenters. The fourth-order valence-electron chi connectivity index (χ4n) is 3.14. The standard InChI is InChI=1S/C16H22FN3O5S2/c1-16(2,3)25-15(22)19-5-4-11-12(8-19)26-14(18-11)20-7-10(6-13(20)21)9-27(17,23)24/h10H,4-9H2,1-3H3. The maximum atomic E-state index is 12.9. The Morgan fingerprint density at radius 3 is 2.74 bits per heavy atom. The maximum absolute atomic E-state index is 12.9. The molecule has 2 aliphatic rings. The Bertz CT molecular complexity index is 862. The predicted octanol–water partition coefficient (Wildman–Crippen LogP) is 2.09. The highest BCUT2D eigenvalue weighted by atomic mass is 32.3. The largest absolute Gasteiger partial charge is 0.444 e. The molecule has 1 saturated heterocycles. The van der Waals surface area contributed by atoms with Gasteiger partial charge in [-0.15, -0.1) is 3.89 Å².